The van der Waals surface area contributed by atoms with Crippen molar-refractivity contribution in [3.05, 3.63) is 59.4 Å². The van der Waals surface area contributed by atoms with Gasteiger partial charge in [-0.05, 0) is 36.8 Å². The number of para-hydroxylation sites is 1. The van der Waals surface area contributed by atoms with Gasteiger partial charge in [-0.25, -0.2) is 12.8 Å². The minimum Gasteiger partial charge on any atom is -0.324 e. The van der Waals surface area contributed by atoms with Gasteiger partial charge in [-0.2, -0.15) is 0 Å². The van der Waals surface area contributed by atoms with Crippen LogP contribution in [-0.4, -0.2) is 26.6 Å². The Hall–Kier alpha value is -2.12. The van der Waals surface area contributed by atoms with Gasteiger partial charge in [0, 0.05) is 5.69 Å². The number of hydrogen-bond donors (Lipinski definition) is 1. The van der Waals surface area contributed by atoms with Gasteiger partial charge >= 0.3 is 0 Å². The first kappa shape index (κ1) is 19.2. The third-order valence-electron chi connectivity index (χ3n) is 3.53. The maximum atomic E-state index is 13.2. The van der Waals surface area contributed by atoms with Crippen molar-refractivity contribution < 1.29 is 17.6 Å². The average Bonchev–Trinajstić information content (AvgIpc) is 2.55. The van der Waals surface area contributed by atoms with Crippen molar-refractivity contribution >= 4 is 38.9 Å². The number of rotatable bonds is 6. The molecule has 5 nitrogen and oxygen atoms in total. The number of nitrogens with zero attached hydrogens (tertiary/aromatic N) is 1. The molecule has 2 rings (SSSR count). The number of carbonyl (C=O) groups is 1. The van der Waals surface area contributed by atoms with Gasteiger partial charge in [-0.3, -0.25) is 9.10 Å². The molecule has 0 spiro atoms. The number of amides is 1. The quantitative estimate of drug-likeness (QED) is 0.826. The van der Waals surface area contributed by atoms with Crippen LogP contribution in [0.5, 0.6) is 0 Å². The number of nitrogens with one attached hydrogen (secondary N) is 1. The maximum absolute atomic E-state index is 13.2. The second-order valence-electron chi connectivity index (χ2n) is 5.44. The number of sulfonamides is 1. The van der Waals surface area contributed by atoms with E-state index in [0.717, 1.165) is 16.6 Å². The Balaban J connectivity index is 2.34. The highest BCUT2D eigenvalue weighted by Gasteiger charge is 2.31. The first-order valence-corrected chi connectivity index (χ1v) is 9.77. The van der Waals surface area contributed by atoms with Gasteiger partial charge in [-0.1, -0.05) is 36.7 Å². The minimum absolute atomic E-state index is 0.131. The van der Waals surface area contributed by atoms with Gasteiger partial charge in [0.15, 0.2) is 0 Å². The largest absolute Gasteiger partial charge is 0.324 e. The summed E-state index contributed by atoms with van der Waals surface area (Å²) in [6, 6.07) is 11.2. The highest BCUT2D eigenvalue weighted by molar-refractivity contribution is 7.92. The van der Waals surface area contributed by atoms with Gasteiger partial charge in [0.25, 0.3) is 0 Å². The van der Waals surface area contributed by atoms with Crippen molar-refractivity contribution in [2.75, 3.05) is 15.9 Å². The zero-order chi connectivity index (χ0) is 18.6. The van der Waals surface area contributed by atoms with E-state index in [0.29, 0.717) is 5.69 Å². The fourth-order valence-electron chi connectivity index (χ4n) is 2.43. The van der Waals surface area contributed by atoms with E-state index in [1.165, 1.54) is 12.1 Å². The molecule has 2 aromatic rings. The molecule has 1 amide bonds. The molecule has 0 aromatic heterocycles. The van der Waals surface area contributed by atoms with Crippen LogP contribution in [0.3, 0.4) is 0 Å². The molecule has 0 heterocycles. The molecule has 0 radical (unpaired) electrons. The Labute approximate surface area is 151 Å². The van der Waals surface area contributed by atoms with Crippen molar-refractivity contribution in [2.24, 2.45) is 0 Å². The molecule has 1 atom stereocenters. The third kappa shape index (κ3) is 4.70. The molecule has 8 heteroatoms. The van der Waals surface area contributed by atoms with Crippen molar-refractivity contribution in [1.29, 1.82) is 0 Å². The van der Waals surface area contributed by atoms with Gasteiger partial charge < -0.3 is 5.32 Å². The molecule has 0 fully saturated rings. The molecule has 0 aliphatic rings. The molecule has 0 saturated heterocycles. The summed E-state index contributed by atoms with van der Waals surface area (Å²) in [5, 5.41) is 2.46. The fourth-order valence-corrected chi connectivity index (χ4v) is 3.83. The van der Waals surface area contributed by atoms with Crippen molar-refractivity contribution in [2.45, 2.75) is 19.4 Å². The molecule has 0 aliphatic carbocycles. The van der Waals surface area contributed by atoms with Crippen molar-refractivity contribution in [3.63, 3.8) is 0 Å². The molecular weight excluding hydrogens is 367 g/mol. The van der Waals surface area contributed by atoms with Gasteiger partial charge in [0.1, 0.15) is 11.9 Å². The van der Waals surface area contributed by atoms with E-state index in [1.807, 2.05) is 0 Å². The molecule has 1 N–H and O–H groups in total. The summed E-state index contributed by atoms with van der Waals surface area (Å²) in [5.41, 5.74) is 0.681. The van der Waals surface area contributed by atoms with Crippen molar-refractivity contribution in [1.82, 2.24) is 0 Å². The van der Waals surface area contributed by atoms with E-state index in [2.05, 4.69) is 5.32 Å². The molecular formula is C17H18ClFN2O3S. The summed E-state index contributed by atoms with van der Waals surface area (Å²) in [6.45, 7) is 1.71. The van der Waals surface area contributed by atoms with Gasteiger partial charge in [0.05, 0.1) is 17.0 Å². The summed E-state index contributed by atoms with van der Waals surface area (Å²) in [6.07, 6.45) is 1.30. The molecule has 25 heavy (non-hydrogen) atoms. The second-order valence-corrected chi connectivity index (χ2v) is 7.70. The lowest BCUT2D eigenvalue weighted by Crippen LogP contribution is -2.46. The molecule has 2 aromatic carbocycles. The summed E-state index contributed by atoms with van der Waals surface area (Å²) in [7, 11) is -3.70. The highest BCUT2D eigenvalue weighted by Crippen LogP contribution is 2.24. The smallest absolute Gasteiger partial charge is 0.248 e. The Morgan fingerprint density at radius 1 is 1.24 bits per heavy atom. The second kappa shape index (κ2) is 7.84. The topological polar surface area (TPSA) is 66.5 Å². The Morgan fingerprint density at radius 2 is 1.88 bits per heavy atom. The van der Waals surface area contributed by atoms with Crippen LogP contribution < -0.4 is 9.62 Å². The normalized spacial score (nSPS) is 12.5. The van der Waals surface area contributed by atoms with Crippen LogP contribution in [0.2, 0.25) is 5.02 Å². The Kier molecular flexibility index (Phi) is 6.02. The Morgan fingerprint density at radius 3 is 2.40 bits per heavy atom. The van der Waals surface area contributed by atoms with Crippen LogP contribution in [0.15, 0.2) is 48.5 Å². The summed E-state index contributed by atoms with van der Waals surface area (Å²) >= 11 is 5.71. The average molecular weight is 385 g/mol. The summed E-state index contributed by atoms with van der Waals surface area (Å²) in [4.78, 5) is 12.6. The number of benzene rings is 2. The van der Waals surface area contributed by atoms with E-state index < -0.39 is 27.8 Å². The van der Waals surface area contributed by atoms with Gasteiger partial charge in [-0.15, -0.1) is 0 Å². The lowest BCUT2D eigenvalue weighted by atomic mass is 10.2. The number of halogens is 2. The molecule has 0 saturated carbocycles. The summed E-state index contributed by atoms with van der Waals surface area (Å²) < 4.78 is 38.8. The van der Waals surface area contributed by atoms with E-state index in [-0.39, 0.29) is 17.1 Å². The lowest BCUT2D eigenvalue weighted by molar-refractivity contribution is -0.117. The first-order valence-electron chi connectivity index (χ1n) is 7.54. The van der Waals surface area contributed by atoms with E-state index in [4.69, 9.17) is 11.6 Å². The number of anilines is 2. The maximum Gasteiger partial charge on any atom is 0.248 e. The third-order valence-corrected chi connectivity index (χ3v) is 5.00. The standard InChI is InChI=1S/C17H18ClFN2O3S/c1-3-16(17(22)20-12-9-10-15(19)14(18)11-12)21(25(2,23)24)13-7-5-4-6-8-13/h4-11,16H,3H2,1-2H3,(H,20,22). The molecule has 1 unspecified atom stereocenters. The van der Waals surface area contributed by atoms with E-state index in [9.17, 15) is 17.6 Å². The zero-order valence-corrected chi connectivity index (χ0v) is 15.3. The SMILES string of the molecule is CCC(C(=O)Nc1ccc(F)c(Cl)c1)N(c1ccccc1)S(C)(=O)=O. The monoisotopic (exact) mass is 384 g/mol. The lowest BCUT2D eigenvalue weighted by Gasteiger charge is -2.30. The number of hydrogen-bond acceptors (Lipinski definition) is 3. The first-order chi connectivity index (χ1) is 11.7. The Bertz CT molecular complexity index is 859. The predicted molar refractivity (Wildman–Crippen MR) is 97.9 cm³/mol. The predicted octanol–water partition coefficient (Wildman–Crippen LogP) is 3.66. The fraction of sp³-hybridized carbons (Fsp3) is 0.235. The molecule has 0 bridgehead atoms. The van der Waals surface area contributed by atoms with Crippen LogP contribution >= 0.6 is 11.6 Å². The van der Waals surface area contributed by atoms with Gasteiger partial charge in [0.2, 0.25) is 15.9 Å². The molecule has 0 aliphatic heterocycles. The van der Waals surface area contributed by atoms with Crippen LogP contribution in [0.4, 0.5) is 15.8 Å². The summed E-state index contributed by atoms with van der Waals surface area (Å²) in [5.74, 6) is -1.13. The van der Waals surface area contributed by atoms with Crippen LogP contribution in [0.1, 0.15) is 13.3 Å². The highest BCUT2D eigenvalue weighted by atomic mass is 35.5. The molecule has 134 valence electrons. The van der Waals surface area contributed by atoms with Crippen molar-refractivity contribution in [3.8, 4) is 0 Å². The zero-order valence-electron chi connectivity index (χ0n) is 13.7. The van der Waals surface area contributed by atoms with E-state index >= 15 is 0 Å². The van der Waals surface area contributed by atoms with E-state index in [1.54, 1.807) is 37.3 Å². The minimum atomic E-state index is -3.70. The van der Waals surface area contributed by atoms with Crippen LogP contribution in [0, 0.1) is 5.82 Å². The number of carbonyl (C=O) groups excluding carboxylic acids is 1. The van der Waals surface area contributed by atoms with Crippen LogP contribution in [0.25, 0.3) is 0 Å². The van der Waals surface area contributed by atoms with Crippen LogP contribution in [-0.2, 0) is 14.8 Å².